The molecule has 3 aromatic rings. The summed E-state index contributed by atoms with van der Waals surface area (Å²) in [5, 5.41) is 28.2. The molecule has 0 aliphatic carbocycles. The number of aliphatic carboxylic acids is 1. The zero-order valence-electron chi connectivity index (χ0n) is 18.9. The minimum absolute atomic E-state index is 0.0276. The Morgan fingerprint density at radius 3 is 2.56 bits per heavy atom. The second kappa shape index (κ2) is 11.3. The highest BCUT2D eigenvalue weighted by Gasteiger charge is 2.27. The van der Waals surface area contributed by atoms with Crippen molar-refractivity contribution in [2.45, 2.75) is 51.2 Å². The fourth-order valence-corrected chi connectivity index (χ4v) is 3.27. The molecule has 34 heavy (non-hydrogen) atoms. The number of hydrogen-bond acceptors (Lipinski definition) is 8. The number of carbonyl (C=O) groups is 2. The van der Waals surface area contributed by atoms with Crippen molar-refractivity contribution in [3.8, 4) is 5.75 Å². The van der Waals surface area contributed by atoms with E-state index in [0.717, 1.165) is 12.0 Å². The molecule has 182 valence electrons. The summed E-state index contributed by atoms with van der Waals surface area (Å²) in [6.45, 7) is 3.99. The number of rotatable bonds is 11. The van der Waals surface area contributed by atoms with Gasteiger partial charge in [0.2, 0.25) is 5.89 Å². The van der Waals surface area contributed by atoms with Gasteiger partial charge in [-0.25, -0.2) is 14.6 Å². The van der Waals surface area contributed by atoms with E-state index in [-0.39, 0.29) is 30.4 Å². The monoisotopic (exact) mass is 471 g/mol. The summed E-state index contributed by atoms with van der Waals surface area (Å²) in [4.78, 5) is 35.5. The highest BCUT2D eigenvalue weighted by atomic mass is 16.5. The Kier molecular flexibility index (Phi) is 8.19. The number of hydrogen-bond donors (Lipinski definition) is 6. The van der Waals surface area contributed by atoms with E-state index in [0.29, 0.717) is 11.5 Å². The summed E-state index contributed by atoms with van der Waals surface area (Å²) in [5.41, 5.74) is 7.55. The molecule has 12 heteroatoms. The predicted octanol–water partition coefficient (Wildman–Crippen LogP) is 1.82. The first kappa shape index (κ1) is 24.7. The van der Waals surface area contributed by atoms with Gasteiger partial charge in [0.15, 0.2) is 5.82 Å². The average Bonchev–Trinajstić information content (AvgIpc) is 3.51. The molecule has 2 amide bonds. The lowest BCUT2D eigenvalue weighted by Gasteiger charge is -2.19. The number of aromatic amines is 1. The third kappa shape index (κ3) is 6.54. The SMILES string of the molecule is CCC(C)[C@H](N)c1noc([C@H](Cc2ccc(O)cc2)NC(=O)N[C@@H](Cc2cnc[nH]2)C(=O)O)n1. The van der Waals surface area contributed by atoms with Gasteiger partial charge in [-0.05, 0) is 23.6 Å². The van der Waals surface area contributed by atoms with Crippen LogP contribution in [0.3, 0.4) is 0 Å². The molecule has 0 bridgehead atoms. The number of urea groups is 1. The Balaban J connectivity index is 1.77. The van der Waals surface area contributed by atoms with Crippen LogP contribution in [0.1, 0.15) is 55.3 Å². The number of nitrogens with zero attached hydrogens (tertiary/aromatic N) is 3. The van der Waals surface area contributed by atoms with Gasteiger partial charge in [-0.15, -0.1) is 0 Å². The largest absolute Gasteiger partial charge is 0.508 e. The highest BCUT2D eigenvalue weighted by molar-refractivity contribution is 5.82. The molecule has 0 aliphatic rings. The molecular weight excluding hydrogens is 442 g/mol. The Morgan fingerprint density at radius 2 is 1.94 bits per heavy atom. The predicted molar refractivity (Wildman–Crippen MR) is 121 cm³/mol. The average molecular weight is 472 g/mol. The Bertz CT molecular complexity index is 1070. The van der Waals surface area contributed by atoms with E-state index in [2.05, 4.69) is 30.7 Å². The zero-order valence-corrected chi connectivity index (χ0v) is 18.9. The van der Waals surface area contributed by atoms with Gasteiger partial charge in [0.1, 0.15) is 17.8 Å². The van der Waals surface area contributed by atoms with E-state index in [1.807, 2.05) is 13.8 Å². The van der Waals surface area contributed by atoms with Crippen LogP contribution in [-0.4, -0.2) is 48.4 Å². The number of phenolic OH excluding ortho intramolecular Hbond substituents is 1. The van der Waals surface area contributed by atoms with Crippen LogP contribution in [0.2, 0.25) is 0 Å². The van der Waals surface area contributed by atoms with Gasteiger partial charge >= 0.3 is 12.0 Å². The Morgan fingerprint density at radius 1 is 1.21 bits per heavy atom. The zero-order chi connectivity index (χ0) is 24.7. The molecule has 0 spiro atoms. The standard InChI is InChI=1S/C22H29N7O5/c1-3-12(2)18(23)19-28-20(34-29-19)16(8-13-4-6-15(30)7-5-13)26-22(33)27-17(21(31)32)9-14-10-24-11-25-14/h4-7,10-12,16-18,30H,3,8-9,23H2,1-2H3,(H,24,25)(H,31,32)(H2,26,27,33)/t12?,16-,17-,18-/m0/s1. The summed E-state index contributed by atoms with van der Waals surface area (Å²) in [6.07, 6.45) is 4.03. The van der Waals surface area contributed by atoms with Crippen molar-refractivity contribution in [1.29, 1.82) is 0 Å². The van der Waals surface area contributed by atoms with Crippen LogP contribution in [-0.2, 0) is 17.6 Å². The normalized spacial score (nSPS) is 14.7. The third-order valence-electron chi connectivity index (χ3n) is 5.57. The molecule has 7 N–H and O–H groups in total. The first-order valence-electron chi connectivity index (χ1n) is 10.9. The van der Waals surface area contributed by atoms with Crippen LogP contribution < -0.4 is 16.4 Å². The van der Waals surface area contributed by atoms with Crippen LogP contribution in [0, 0.1) is 5.92 Å². The highest BCUT2D eigenvalue weighted by Crippen LogP contribution is 2.23. The number of carboxylic acid groups (broad SMARTS) is 1. The van der Waals surface area contributed by atoms with Crippen molar-refractivity contribution in [3.63, 3.8) is 0 Å². The number of nitrogens with two attached hydrogens (primary N) is 1. The number of phenols is 1. The van der Waals surface area contributed by atoms with E-state index < -0.39 is 30.1 Å². The summed E-state index contributed by atoms with van der Waals surface area (Å²) in [6, 6.07) is 3.33. The Hall–Kier alpha value is -3.93. The van der Waals surface area contributed by atoms with Gasteiger partial charge in [0.25, 0.3) is 0 Å². The minimum atomic E-state index is -1.19. The number of aromatic nitrogens is 4. The van der Waals surface area contributed by atoms with E-state index >= 15 is 0 Å². The van der Waals surface area contributed by atoms with Crippen LogP contribution in [0.25, 0.3) is 0 Å². The lowest BCUT2D eigenvalue weighted by molar-refractivity contribution is -0.139. The van der Waals surface area contributed by atoms with Crippen molar-refractivity contribution >= 4 is 12.0 Å². The molecule has 1 unspecified atom stereocenters. The van der Waals surface area contributed by atoms with Gasteiger partial charge in [-0.2, -0.15) is 4.98 Å². The number of H-pyrrole nitrogens is 1. The third-order valence-corrected chi connectivity index (χ3v) is 5.57. The van der Waals surface area contributed by atoms with Crippen molar-refractivity contribution in [3.05, 3.63) is 59.8 Å². The molecule has 3 rings (SSSR count). The first-order valence-corrected chi connectivity index (χ1v) is 10.9. The first-order chi connectivity index (χ1) is 16.3. The fraction of sp³-hybridized carbons (Fsp3) is 0.409. The summed E-state index contributed by atoms with van der Waals surface area (Å²) in [7, 11) is 0. The lowest BCUT2D eigenvalue weighted by atomic mass is 10.00. The van der Waals surface area contributed by atoms with Crippen LogP contribution in [0.15, 0.2) is 41.3 Å². The minimum Gasteiger partial charge on any atom is -0.508 e. The number of aromatic hydroxyl groups is 1. The van der Waals surface area contributed by atoms with Gasteiger partial charge in [0.05, 0.1) is 12.4 Å². The van der Waals surface area contributed by atoms with Gasteiger partial charge < -0.3 is 36.1 Å². The number of benzene rings is 1. The van der Waals surface area contributed by atoms with E-state index in [1.54, 1.807) is 12.1 Å². The topological polar surface area (TPSA) is 192 Å². The Labute approximate surface area is 196 Å². The van der Waals surface area contributed by atoms with Gasteiger partial charge in [-0.1, -0.05) is 37.6 Å². The van der Waals surface area contributed by atoms with Crippen molar-refractivity contribution in [2.75, 3.05) is 0 Å². The molecule has 0 radical (unpaired) electrons. The van der Waals surface area contributed by atoms with E-state index in [4.69, 9.17) is 10.3 Å². The van der Waals surface area contributed by atoms with Crippen LogP contribution >= 0.6 is 0 Å². The molecule has 2 aromatic heterocycles. The molecule has 0 saturated heterocycles. The van der Waals surface area contributed by atoms with Crippen molar-refractivity contribution in [1.82, 2.24) is 30.7 Å². The number of imidazole rings is 1. The molecule has 0 saturated carbocycles. The molecule has 1 aromatic carbocycles. The van der Waals surface area contributed by atoms with Crippen LogP contribution in [0.4, 0.5) is 4.79 Å². The number of amides is 2. The molecule has 0 aliphatic heterocycles. The van der Waals surface area contributed by atoms with Crippen LogP contribution in [0.5, 0.6) is 5.75 Å². The number of nitrogens with one attached hydrogen (secondary N) is 3. The maximum Gasteiger partial charge on any atom is 0.326 e. The molecule has 2 heterocycles. The fourth-order valence-electron chi connectivity index (χ4n) is 3.27. The quantitative estimate of drug-likeness (QED) is 0.242. The lowest BCUT2D eigenvalue weighted by Crippen LogP contribution is -2.48. The number of carboxylic acids is 1. The summed E-state index contributed by atoms with van der Waals surface area (Å²) < 4.78 is 5.41. The summed E-state index contributed by atoms with van der Waals surface area (Å²) in [5.74, 6) is -0.508. The maximum absolute atomic E-state index is 12.7. The van der Waals surface area contributed by atoms with Gasteiger partial charge in [-0.3, -0.25) is 0 Å². The van der Waals surface area contributed by atoms with E-state index in [9.17, 15) is 19.8 Å². The number of carbonyl (C=O) groups excluding carboxylic acids is 1. The maximum atomic E-state index is 12.7. The van der Waals surface area contributed by atoms with Crippen molar-refractivity contribution < 1.29 is 24.3 Å². The second-order valence-corrected chi connectivity index (χ2v) is 8.11. The van der Waals surface area contributed by atoms with Crippen molar-refractivity contribution in [2.24, 2.45) is 11.7 Å². The van der Waals surface area contributed by atoms with Gasteiger partial charge in [0, 0.05) is 24.7 Å². The molecule has 0 fully saturated rings. The smallest absolute Gasteiger partial charge is 0.326 e. The second-order valence-electron chi connectivity index (χ2n) is 8.11. The van der Waals surface area contributed by atoms with E-state index in [1.165, 1.54) is 24.7 Å². The molecular formula is C22H29N7O5. The molecule has 4 atom stereocenters. The molecule has 12 nitrogen and oxygen atoms in total. The summed E-state index contributed by atoms with van der Waals surface area (Å²) >= 11 is 0.